The van der Waals surface area contributed by atoms with Crippen molar-refractivity contribution in [1.82, 2.24) is 4.90 Å². The Kier molecular flexibility index (Phi) is 6.78. The van der Waals surface area contributed by atoms with Crippen LogP contribution in [0.1, 0.15) is 23.1 Å². The van der Waals surface area contributed by atoms with Crippen LogP contribution in [0.2, 0.25) is 0 Å². The SMILES string of the molecule is C=C/C=C(\C=C)CN1CCC(c2ccccc2)=C(c2cccc(CC#N)c2)C1. The van der Waals surface area contributed by atoms with Crippen molar-refractivity contribution in [1.29, 1.82) is 5.26 Å². The van der Waals surface area contributed by atoms with Gasteiger partial charge in [-0.05, 0) is 39.8 Å². The van der Waals surface area contributed by atoms with Gasteiger partial charge in [-0.25, -0.2) is 0 Å². The van der Waals surface area contributed by atoms with Gasteiger partial charge >= 0.3 is 0 Å². The summed E-state index contributed by atoms with van der Waals surface area (Å²) in [6.07, 6.45) is 7.19. The number of allylic oxidation sites excluding steroid dienone is 2. The topological polar surface area (TPSA) is 27.0 Å². The van der Waals surface area contributed by atoms with Crippen LogP contribution in [0.15, 0.2) is 91.6 Å². The molecule has 0 amide bonds. The minimum Gasteiger partial charge on any atom is -0.294 e. The molecule has 2 aromatic rings. The summed E-state index contributed by atoms with van der Waals surface area (Å²) in [5, 5.41) is 9.08. The van der Waals surface area contributed by atoms with Crippen LogP contribution in [0.3, 0.4) is 0 Å². The summed E-state index contributed by atoms with van der Waals surface area (Å²) in [6.45, 7) is 10.5. The molecule has 1 heterocycles. The van der Waals surface area contributed by atoms with E-state index in [-0.39, 0.29) is 0 Å². The zero-order valence-corrected chi connectivity index (χ0v) is 16.3. The highest BCUT2D eigenvalue weighted by Gasteiger charge is 2.21. The number of hydrogen-bond donors (Lipinski definition) is 0. The summed E-state index contributed by atoms with van der Waals surface area (Å²) >= 11 is 0. The average molecular weight is 367 g/mol. The molecule has 0 unspecified atom stereocenters. The first-order valence-corrected chi connectivity index (χ1v) is 9.65. The zero-order valence-electron chi connectivity index (χ0n) is 16.3. The molecule has 0 fully saturated rings. The van der Waals surface area contributed by atoms with E-state index in [9.17, 15) is 0 Å². The van der Waals surface area contributed by atoms with Crippen molar-refractivity contribution in [2.24, 2.45) is 0 Å². The summed E-state index contributed by atoms with van der Waals surface area (Å²) in [7, 11) is 0. The lowest BCUT2D eigenvalue weighted by Gasteiger charge is -2.32. The van der Waals surface area contributed by atoms with Crippen molar-refractivity contribution >= 4 is 11.1 Å². The third-order valence-electron chi connectivity index (χ3n) is 5.11. The van der Waals surface area contributed by atoms with Crippen LogP contribution in [0.25, 0.3) is 11.1 Å². The fourth-order valence-corrected chi connectivity index (χ4v) is 3.73. The Morgan fingerprint density at radius 2 is 1.82 bits per heavy atom. The largest absolute Gasteiger partial charge is 0.294 e. The third-order valence-corrected chi connectivity index (χ3v) is 5.11. The maximum Gasteiger partial charge on any atom is 0.0669 e. The summed E-state index contributed by atoms with van der Waals surface area (Å²) in [4.78, 5) is 2.45. The molecule has 140 valence electrons. The summed E-state index contributed by atoms with van der Waals surface area (Å²) in [5.74, 6) is 0. The normalized spacial score (nSPS) is 15.2. The van der Waals surface area contributed by atoms with Crippen molar-refractivity contribution in [2.45, 2.75) is 12.8 Å². The first-order valence-electron chi connectivity index (χ1n) is 9.65. The molecule has 2 aromatic carbocycles. The number of rotatable bonds is 7. The van der Waals surface area contributed by atoms with Crippen molar-refractivity contribution in [3.63, 3.8) is 0 Å². The Labute approximate surface area is 168 Å². The molecule has 0 aromatic heterocycles. The van der Waals surface area contributed by atoms with Gasteiger partial charge in [0.05, 0.1) is 12.5 Å². The molecule has 0 radical (unpaired) electrons. The smallest absolute Gasteiger partial charge is 0.0669 e. The minimum atomic E-state index is 0.439. The van der Waals surface area contributed by atoms with Gasteiger partial charge in [0.15, 0.2) is 0 Å². The van der Waals surface area contributed by atoms with Gasteiger partial charge in [-0.15, -0.1) is 0 Å². The lowest BCUT2D eigenvalue weighted by Crippen LogP contribution is -2.32. The van der Waals surface area contributed by atoms with Crippen LogP contribution in [0.4, 0.5) is 0 Å². The highest BCUT2D eigenvalue weighted by molar-refractivity contribution is 5.92. The van der Waals surface area contributed by atoms with Crippen LogP contribution in [0, 0.1) is 11.3 Å². The van der Waals surface area contributed by atoms with Gasteiger partial charge in [-0.1, -0.05) is 86.0 Å². The van der Waals surface area contributed by atoms with Gasteiger partial charge < -0.3 is 0 Å². The van der Waals surface area contributed by atoms with E-state index in [1.165, 1.54) is 27.8 Å². The molecule has 28 heavy (non-hydrogen) atoms. The van der Waals surface area contributed by atoms with Gasteiger partial charge in [-0.3, -0.25) is 4.90 Å². The van der Waals surface area contributed by atoms with E-state index < -0.39 is 0 Å². The molecule has 0 bridgehead atoms. The van der Waals surface area contributed by atoms with Crippen molar-refractivity contribution in [3.8, 4) is 6.07 Å². The van der Waals surface area contributed by atoms with Crippen molar-refractivity contribution in [3.05, 3.63) is 108 Å². The predicted octanol–water partition coefficient (Wildman–Crippen LogP) is 5.67. The second-order valence-electron chi connectivity index (χ2n) is 7.00. The molecule has 3 rings (SSSR count). The first-order chi connectivity index (χ1) is 13.7. The second-order valence-corrected chi connectivity index (χ2v) is 7.00. The quantitative estimate of drug-likeness (QED) is 0.591. The molecule has 2 nitrogen and oxygen atoms in total. The molecule has 0 spiro atoms. The van der Waals surface area contributed by atoms with Crippen molar-refractivity contribution < 1.29 is 0 Å². The van der Waals surface area contributed by atoms with Gasteiger partial charge in [-0.2, -0.15) is 5.26 Å². The maximum absolute atomic E-state index is 9.08. The van der Waals surface area contributed by atoms with E-state index in [0.29, 0.717) is 6.42 Å². The van der Waals surface area contributed by atoms with Gasteiger partial charge in [0.25, 0.3) is 0 Å². The Morgan fingerprint density at radius 1 is 1.04 bits per heavy atom. The van der Waals surface area contributed by atoms with E-state index in [4.69, 9.17) is 5.26 Å². The van der Waals surface area contributed by atoms with Crippen LogP contribution in [-0.2, 0) is 6.42 Å². The predicted molar refractivity (Wildman–Crippen MR) is 119 cm³/mol. The average Bonchev–Trinajstić information content (AvgIpc) is 2.74. The maximum atomic E-state index is 9.08. The number of benzene rings is 2. The first kappa shape index (κ1) is 19.6. The molecule has 0 N–H and O–H groups in total. The highest BCUT2D eigenvalue weighted by atomic mass is 15.1. The van der Waals surface area contributed by atoms with E-state index in [1.807, 2.05) is 24.3 Å². The van der Waals surface area contributed by atoms with E-state index >= 15 is 0 Å². The molecule has 0 aliphatic carbocycles. The molecule has 2 heteroatoms. The fraction of sp³-hybridized carbons (Fsp3) is 0.192. The van der Waals surface area contributed by atoms with Gasteiger partial charge in [0, 0.05) is 19.6 Å². The van der Waals surface area contributed by atoms with Gasteiger partial charge in [0.2, 0.25) is 0 Å². The highest BCUT2D eigenvalue weighted by Crippen LogP contribution is 2.34. The summed E-state index contributed by atoms with van der Waals surface area (Å²) < 4.78 is 0. The number of nitriles is 1. The Bertz CT molecular complexity index is 942. The van der Waals surface area contributed by atoms with Gasteiger partial charge in [0.1, 0.15) is 0 Å². The summed E-state index contributed by atoms with van der Waals surface area (Å²) in [5.41, 5.74) is 7.49. The lowest BCUT2D eigenvalue weighted by molar-refractivity contribution is 0.335. The molecule has 0 saturated heterocycles. The van der Waals surface area contributed by atoms with E-state index in [1.54, 1.807) is 0 Å². The zero-order chi connectivity index (χ0) is 19.8. The number of nitrogens with zero attached hydrogens (tertiary/aromatic N) is 2. The van der Waals surface area contributed by atoms with Crippen LogP contribution >= 0.6 is 0 Å². The minimum absolute atomic E-state index is 0.439. The molecular formula is C26H26N2. The lowest BCUT2D eigenvalue weighted by atomic mass is 9.88. The Morgan fingerprint density at radius 3 is 2.54 bits per heavy atom. The van der Waals surface area contributed by atoms with Crippen LogP contribution in [-0.4, -0.2) is 24.5 Å². The molecular weight excluding hydrogens is 340 g/mol. The molecule has 0 saturated carbocycles. The Balaban J connectivity index is 1.99. The standard InChI is InChI=1S/C26H26N2/c1-3-9-21(4-2)19-28-17-15-25(23-11-6-5-7-12-23)26(20-28)24-13-8-10-22(18-24)14-16-27/h3-13,18H,1-2,14-15,17,19-20H2/b21-9+. The monoisotopic (exact) mass is 366 g/mol. The number of hydrogen-bond acceptors (Lipinski definition) is 2. The van der Waals surface area contributed by atoms with Crippen LogP contribution < -0.4 is 0 Å². The second kappa shape index (κ2) is 9.69. The summed E-state index contributed by atoms with van der Waals surface area (Å²) in [6, 6.07) is 21.3. The van der Waals surface area contributed by atoms with Crippen molar-refractivity contribution in [2.75, 3.05) is 19.6 Å². The molecule has 0 atom stereocenters. The third kappa shape index (κ3) is 4.76. The van der Waals surface area contributed by atoms with Crippen LogP contribution in [0.5, 0.6) is 0 Å². The fourth-order valence-electron chi connectivity index (χ4n) is 3.73. The Hall–Kier alpha value is -3.15. The van der Waals surface area contributed by atoms with E-state index in [0.717, 1.165) is 31.6 Å². The molecule has 1 aliphatic rings. The molecule has 1 aliphatic heterocycles. The van der Waals surface area contributed by atoms with E-state index in [2.05, 4.69) is 72.7 Å².